The molecule has 0 saturated carbocycles. The first kappa shape index (κ1) is 73.9. The van der Waals surface area contributed by atoms with Crippen LogP contribution in [-0.2, 0) is 14.3 Å². The van der Waals surface area contributed by atoms with E-state index >= 15 is 0 Å². The van der Waals surface area contributed by atoms with Crippen LogP contribution in [0.4, 0.5) is 0 Å². The Bertz CT molecular complexity index is 1080. The fourth-order valence-electron chi connectivity index (χ4n) is 11.4. The summed E-state index contributed by atoms with van der Waals surface area (Å²) in [5.74, 6) is -0.00433. The van der Waals surface area contributed by atoms with Gasteiger partial charge in [-0.3, -0.25) is 9.59 Å². The van der Waals surface area contributed by atoms with Gasteiger partial charge in [-0.2, -0.15) is 0 Å². The van der Waals surface area contributed by atoms with Crippen LogP contribution in [0.1, 0.15) is 406 Å². The maximum atomic E-state index is 12.5. The number of amides is 1. The molecule has 0 saturated heterocycles. The highest BCUT2D eigenvalue weighted by atomic mass is 16.5. The largest absolute Gasteiger partial charge is 0.466 e. The molecular formula is C69H137NO5. The first-order chi connectivity index (χ1) is 37.0. The topological polar surface area (TPSA) is 95.9 Å². The minimum Gasteiger partial charge on any atom is -0.466 e. The van der Waals surface area contributed by atoms with Gasteiger partial charge in [0.05, 0.1) is 25.4 Å². The van der Waals surface area contributed by atoms with Crippen LogP contribution in [0, 0.1) is 0 Å². The van der Waals surface area contributed by atoms with Gasteiger partial charge in [0.25, 0.3) is 0 Å². The number of aliphatic hydroxyl groups is 2. The molecule has 0 aliphatic heterocycles. The standard InChI is InChI=1S/C69H137NO5/c1-3-5-7-9-11-13-15-17-37-41-45-49-53-57-61-67(72)66(65-71)70-68(73)62-58-54-50-46-42-38-35-33-31-29-27-25-23-21-19-20-22-24-26-28-30-32-34-36-40-44-48-52-56-60-64-75-69(74)63-59-55-51-47-43-39-18-16-14-12-10-8-6-4-2/h66-67,71-72H,3-65H2,1-2H3,(H,70,73). The second-order valence-electron chi connectivity index (χ2n) is 24.2. The van der Waals surface area contributed by atoms with Gasteiger partial charge in [-0.1, -0.05) is 367 Å². The summed E-state index contributed by atoms with van der Waals surface area (Å²) in [5, 5.41) is 23.3. The van der Waals surface area contributed by atoms with Crippen molar-refractivity contribution < 1.29 is 24.5 Å². The third-order valence-corrected chi connectivity index (χ3v) is 16.7. The van der Waals surface area contributed by atoms with E-state index in [9.17, 15) is 19.8 Å². The van der Waals surface area contributed by atoms with Crippen molar-refractivity contribution in [3.8, 4) is 0 Å². The Kier molecular flexibility index (Phi) is 64.4. The highest BCUT2D eigenvalue weighted by molar-refractivity contribution is 5.76. The Morgan fingerprint density at radius 2 is 0.547 bits per heavy atom. The highest BCUT2D eigenvalue weighted by Gasteiger charge is 2.20. The fourth-order valence-corrected chi connectivity index (χ4v) is 11.4. The normalized spacial score (nSPS) is 12.4. The number of ether oxygens (including phenoxy) is 1. The van der Waals surface area contributed by atoms with Crippen LogP contribution in [0.2, 0.25) is 0 Å². The number of carbonyl (C=O) groups excluding carboxylic acids is 2. The van der Waals surface area contributed by atoms with Gasteiger partial charge in [-0.05, 0) is 25.7 Å². The number of aliphatic hydroxyl groups excluding tert-OH is 2. The van der Waals surface area contributed by atoms with E-state index in [1.807, 2.05) is 0 Å². The number of rotatable bonds is 66. The Labute approximate surface area is 470 Å². The molecule has 448 valence electrons. The number of unbranched alkanes of at least 4 members (excludes halogenated alkanes) is 55. The summed E-state index contributed by atoms with van der Waals surface area (Å²) >= 11 is 0. The lowest BCUT2D eigenvalue weighted by atomic mass is 10.0. The molecule has 0 spiro atoms. The van der Waals surface area contributed by atoms with Crippen LogP contribution in [-0.4, -0.2) is 47.4 Å². The molecule has 75 heavy (non-hydrogen) atoms. The maximum Gasteiger partial charge on any atom is 0.305 e. The summed E-state index contributed by atoms with van der Waals surface area (Å²) in [7, 11) is 0. The lowest BCUT2D eigenvalue weighted by molar-refractivity contribution is -0.143. The molecule has 6 nitrogen and oxygen atoms in total. The van der Waals surface area contributed by atoms with Crippen molar-refractivity contribution in [3.05, 3.63) is 0 Å². The number of carbonyl (C=O) groups is 2. The Hall–Kier alpha value is -1.14. The summed E-state index contributed by atoms with van der Waals surface area (Å²) < 4.78 is 5.50. The van der Waals surface area contributed by atoms with Crippen molar-refractivity contribution in [2.45, 2.75) is 418 Å². The number of nitrogens with one attached hydrogen (secondary N) is 1. The molecule has 1 amide bonds. The van der Waals surface area contributed by atoms with Crippen molar-refractivity contribution >= 4 is 11.9 Å². The molecule has 0 aromatic carbocycles. The predicted molar refractivity (Wildman–Crippen MR) is 329 cm³/mol. The molecule has 0 aliphatic rings. The molecule has 0 fully saturated rings. The molecule has 2 unspecified atom stereocenters. The average Bonchev–Trinajstić information content (AvgIpc) is 3.41. The second kappa shape index (κ2) is 65.4. The smallest absolute Gasteiger partial charge is 0.305 e. The van der Waals surface area contributed by atoms with E-state index in [4.69, 9.17) is 4.74 Å². The zero-order valence-electron chi connectivity index (χ0n) is 51.3. The molecule has 0 aromatic rings. The molecule has 0 rings (SSSR count). The minimum absolute atomic E-state index is 0.0235. The Balaban J connectivity index is 3.30. The third-order valence-electron chi connectivity index (χ3n) is 16.7. The van der Waals surface area contributed by atoms with Gasteiger partial charge >= 0.3 is 5.97 Å². The SMILES string of the molecule is CCCCCCCCCCCCCCCCC(=O)OCCCCCCCCCCCCCCCCCCCCCCCCCCCCCCCCC(=O)NC(CO)C(O)CCCCCCCCCCCCCCCC. The summed E-state index contributed by atoms with van der Waals surface area (Å²) in [4.78, 5) is 24.6. The average molecular weight is 1060 g/mol. The van der Waals surface area contributed by atoms with E-state index in [2.05, 4.69) is 19.2 Å². The second-order valence-corrected chi connectivity index (χ2v) is 24.2. The van der Waals surface area contributed by atoms with Crippen molar-refractivity contribution in [2.24, 2.45) is 0 Å². The van der Waals surface area contributed by atoms with Crippen molar-refractivity contribution in [1.82, 2.24) is 5.32 Å². The zero-order chi connectivity index (χ0) is 54.3. The van der Waals surface area contributed by atoms with Crippen molar-refractivity contribution in [2.75, 3.05) is 13.2 Å². The molecule has 0 aliphatic carbocycles. The number of hydrogen-bond donors (Lipinski definition) is 3. The zero-order valence-corrected chi connectivity index (χ0v) is 51.3. The fraction of sp³-hybridized carbons (Fsp3) is 0.971. The molecule has 0 radical (unpaired) electrons. The summed E-state index contributed by atoms with van der Waals surface area (Å²) in [6, 6.07) is -0.537. The molecule has 6 heteroatoms. The highest BCUT2D eigenvalue weighted by Crippen LogP contribution is 2.19. The molecule has 2 atom stereocenters. The van der Waals surface area contributed by atoms with Crippen LogP contribution in [0.25, 0.3) is 0 Å². The first-order valence-corrected chi connectivity index (χ1v) is 34.8. The van der Waals surface area contributed by atoms with Crippen LogP contribution in [0.5, 0.6) is 0 Å². The van der Waals surface area contributed by atoms with Gasteiger partial charge < -0.3 is 20.3 Å². The molecule has 0 bridgehead atoms. The van der Waals surface area contributed by atoms with Gasteiger partial charge in [0.15, 0.2) is 0 Å². The molecular weight excluding hydrogens is 923 g/mol. The van der Waals surface area contributed by atoms with Crippen LogP contribution >= 0.6 is 0 Å². The first-order valence-electron chi connectivity index (χ1n) is 34.8. The molecule has 0 aromatic heterocycles. The number of esters is 1. The van der Waals surface area contributed by atoms with Gasteiger partial charge in [-0.15, -0.1) is 0 Å². The summed E-state index contributed by atoms with van der Waals surface area (Å²) in [5.41, 5.74) is 0. The molecule has 3 N–H and O–H groups in total. The van der Waals surface area contributed by atoms with Crippen molar-refractivity contribution in [3.63, 3.8) is 0 Å². The predicted octanol–water partition coefficient (Wildman–Crippen LogP) is 22.2. The molecule has 0 heterocycles. The van der Waals surface area contributed by atoms with E-state index in [0.29, 0.717) is 25.9 Å². The van der Waals surface area contributed by atoms with Crippen LogP contribution in [0.15, 0.2) is 0 Å². The quantitative estimate of drug-likeness (QED) is 0.0417. The lowest BCUT2D eigenvalue weighted by Crippen LogP contribution is -2.45. The summed E-state index contributed by atoms with van der Waals surface area (Å²) in [6.07, 6.45) is 78.7. The third kappa shape index (κ3) is 61.9. The van der Waals surface area contributed by atoms with Crippen LogP contribution < -0.4 is 5.32 Å². The van der Waals surface area contributed by atoms with Gasteiger partial charge in [0.1, 0.15) is 0 Å². The minimum atomic E-state index is -0.660. The Morgan fingerprint density at radius 3 is 0.813 bits per heavy atom. The van der Waals surface area contributed by atoms with E-state index in [1.165, 1.54) is 334 Å². The van der Waals surface area contributed by atoms with Gasteiger partial charge in [0, 0.05) is 12.8 Å². The van der Waals surface area contributed by atoms with E-state index in [0.717, 1.165) is 38.5 Å². The lowest BCUT2D eigenvalue weighted by Gasteiger charge is -2.22. The van der Waals surface area contributed by atoms with E-state index in [-0.39, 0.29) is 18.5 Å². The van der Waals surface area contributed by atoms with Gasteiger partial charge in [-0.25, -0.2) is 0 Å². The van der Waals surface area contributed by atoms with Gasteiger partial charge in [0.2, 0.25) is 5.91 Å². The van der Waals surface area contributed by atoms with E-state index in [1.54, 1.807) is 0 Å². The van der Waals surface area contributed by atoms with Crippen molar-refractivity contribution in [1.29, 1.82) is 0 Å². The van der Waals surface area contributed by atoms with E-state index < -0.39 is 12.1 Å². The maximum absolute atomic E-state index is 12.5. The monoisotopic (exact) mass is 1060 g/mol. The Morgan fingerprint density at radius 1 is 0.320 bits per heavy atom. The summed E-state index contributed by atoms with van der Waals surface area (Å²) in [6.45, 7) is 5.00. The van der Waals surface area contributed by atoms with Crippen LogP contribution in [0.3, 0.4) is 0 Å². The number of hydrogen-bond acceptors (Lipinski definition) is 5.